The van der Waals surface area contributed by atoms with E-state index in [0.29, 0.717) is 0 Å². The second-order valence-electron chi connectivity index (χ2n) is 5.76. The van der Waals surface area contributed by atoms with Crippen LogP contribution in [0.25, 0.3) is 0 Å². The van der Waals surface area contributed by atoms with E-state index in [1.165, 1.54) is 33.2 Å². The van der Waals surface area contributed by atoms with E-state index in [4.69, 9.17) is 9.94 Å². The number of anilines is 1. The average Bonchev–Trinajstić information content (AvgIpc) is 2.82. The van der Waals surface area contributed by atoms with Crippen LogP contribution in [0.3, 0.4) is 0 Å². The van der Waals surface area contributed by atoms with E-state index in [2.05, 4.69) is 9.72 Å². The quantitative estimate of drug-likeness (QED) is 0.398. The number of rotatable bonds is 4. The monoisotopic (exact) mass is 329 g/mol. The van der Waals surface area contributed by atoms with Gasteiger partial charge in [-0.05, 0) is 19.9 Å². The van der Waals surface area contributed by atoms with E-state index in [9.17, 15) is 19.8 Å². The Hall–Kier alpha value is -2.01. The highest BCUT2D eigenvalue weighted by molar-refractivity contribution is 5.76. The first-order valence-corrected chi connectivity index (χ1v) is 6.83. The number of ether oxygens (including phenoxy) is 2. The number of nitrogens with one attached hydrogen (secondary N) is 1. The minimum Gasteiger partial charge on any atom is -0.469 e. The molecule has 0 aromatic carbocycles. The molecule has 1 aromatic rings. The molecule has 0 spiro atoms. The van der Waals surface area contributed by atoms with E-state index >= 15 is 0 Å². The van der Waals surface area contributed by atoms with E-state index in [1.807, 2.05) is 0 Å². The molecule has 2 heterocycles. The third-order valence-corrected chi connectivity index (χ3v) is 3.88. The van der Waals surface area contributed by atoms with E-state index in [1.54, 1.807) is 5.48 Å². The van der Waals surface area contributed by atoms with Crippen LogP contribution in [0.15, 0.2) is 17.1 Å². The zero-order chi connectivity index (χ0) is 17.4. The fraction of sp³-hybridized carbons (Fsp3) is 0.615. The standard InChI is InChI=1S/C13H19N3O7/c1-13(2,11(19)22-3)9-7(17)8(18)10(23-9)16-5-4-6(15-21)14-12(16)20/h4-5,7-10,17-18,21H,1-3H3,(H,14,15,20)/t7-,8+,9-,10+/m0/s1. The summed E-state index contributed by atoms with van der Waals surface area (Å²) in [7, 11) is 1.20. The number of nitrogens with zero attached hydrogens (tertiary/aromatic N) is 2. The second-order valence-corrected chi connectivity index (χ2v) is 5.76. The van der Waals surface area contributed by atoms with Gasteiger partial charge in [-0.3, -0.25) is 20.0 Å². The Balaban J connectivity index is 2.33. The van der Waals surface area contributed by atoms with Crippen LogP contribution >= 0.6 is 0 Å². The minimum atomic E-state index is -1.45. The molecule has 1 saturated heterocycles. The van der Waals surface area contributed by atoms with Crippen molar-refractivity contribution in [1.29, 1.82) is 0 Å². The summed E-state index contributed by atoms with van der Waals surface area (Å²) in [5.74, 6) is -0.703. The van der Waals surface area contributed by atoms with Gasteiger partial charge in [-0.2, -0.15) is 4.98 Å². The normalized spacial score (nSPS) is 27.7. The molecular formula is C13H19N3O7. The second kappa shape index (κ2) is 6.24. The topological polar surface area (TPSA) is 143 Å². The molecule has 1 aliphatic rings. The van der Waals surface area contributed by atoms with Crippen molar-refractivity contribution >= 4 is 11.8 Å². The number of aliphatic hydroxyl groups excluding tert-OH is 2. The van der Waals surface area contributed by atoms with Gasteiger partial charge in [0.05, 0.1) is 12.5 Å². The van der Waals surface area contributed by atoms with Crippen molar-refractivity contribution in [3.63, 3.8) is 0 Å². The van der Waals surface area contributed by atoms with Gasteiger partial charge in [0.2, 0.25) is 0 Å². The molecule has 0 radical (unpaired) electrons. The Bertz CT molecular complexity index is 645. The first-order valence-electron chi connectivity index (χ1n) is 6.83. The van der Waals surface area contributed by atoms with E-state index in [-0.39, 0.29) is 5.82 Å². The largest absolute Gasteiger partial charge is 0.469 e. The highest BCUT2D eigenvalue weighted by atomic mass is 16.6. The van der Waals surface area contributed by atoms with Crippen molar-refractivity contribution in [2.24, 2.45) is 5.41 Å². The van der Waals surface area contributed by atoms with Crippen LogP contribution in [0, 0.1) is 5.41 Å². The number of aromatic nitrogens is 2. The summed E-state index contributed by atoms with van der Waals surface area (Å²) in [6.45, 7) is 3.00. The van der Waals surface area contributed by atoms with Gasteiger partial charge in [0.25, 0.3) is 0 Å². The highest BCUT2D eigenvalue weighted by Crippen LogP contribution is 2.38. The molecule has 10 nitrogen and oxygen atoms in total. The van der Waals surface area contributed by atoms with Crippen molar-refractivity contribution in [2.75, 3.05) is 12.6 Å². The molecule has 1 aliphatic heterocycles. The lowest BCUT2D eigenvalue weighted by Gasteiger charge is -2.30. The summed E-state index contributed by atoms with van der Waals surface area (Å²) in [4.78, 5) is 27.3. The maximum atomic E-state index is 11.9. The number of hydrogen-bond acceptors (Lipinski definition) is 9. The van der Waals surface area contributed by atoms with Crippen LogP contribution in [0.1, 0.15) is 20.1 Å². The number of carbonyl (C=O) groups is 1. The molecule has 0 saturated carbocycles. The summed E-state index contributed by atoms with van der Waals surface area (Å²) in [5, 5.41) is 29.1. The summed E-state index contributed by atoms with van der Waals surface area (Å²) in [6, 6.07) is 1.28. The number of carbonyl (C=O) groups excluding carboxylic acids is 1. The summed E-state index contributed by atoms with van der Waals surface area (Å²) < 4.78 is 11.2. The molecule has 0 bridgehead atoms. The van der Waals surface area contributed by atoms with Crippen molar-refractivity contribution < 1.29 is 29.7 Å². The van der Waals surface area contributed by atoms with Crippen LogP contribution in [0.2, 0.25) is 0 Å². The fourth-order valence-corrected chi connectivity index (χ4v) is 2.53. The summed E-state index contributed by atoms with van der Waals surface area (Å²) in [5.41, 5.74) is -0.328. The van der Waals surface area contributed by atoms with Gasteiger partial charge < -0.3 is 19.7 Å². The maximum absolute atomic E-state index is 11.9. The van der Waals surface area contributed by atoms with Crippen LogP contribution < -0.4 is 11.2 Å². The Morgan fingerprint density at radius 3 is 2.61 bits per heavy atom. The number of hydrogen-bond donors (Lipinski definition) is 4. The average molecular weight is 329 g/mol. The maximum Gasteiger partial charge on any atom is 0.351 e. The molecule has 4 N–H and O–H groups in total. The van der Waals surface area contributed by atoms with E-state index in [0.717, 1.165) is 4.57 Å². The zero-order valence-electron chi connectivity index (χ0n) is 12.8. The lowest BCUT2D eigenvalue weighted by atomic mass is 9.83. The summed E-state index contributed by atoms with van der Waals surface area (Å²) in [6.07, 6.45) is -3.93. The Morgan fingerprint density at radius 1 is 1.43 bits per heavy atom. The molecule has 1 aromatic heterocycles. The third-order valence-electron chi connectivity index (χ3n) is 3.88. The van der Waals surface area contributed by atoms with Gasteiger partial charge in [0.1, 0.15) is 18.3 Å². The minimum absolute atomic E-state index is 0.0780. The van der Waals surface area contributed by atoms with Crippen LogP contribution in [0.5, 0.6) is 0 Å². The molecule has 0 unspecified atom stereocenters. The first kappa shape index (κ1) is 17.3. The predicted octanol–water partition coefficient (Wildman–Crippen LogP) is -1.14. The Labute approximate surface area is 131 Å². The molecule has 23 heavy (non-hydrogen) atoms. The van der Waals surface area contributed by atoms with Crippen molar-refractivity contribution in [3.05, 3.63) is 22.7 Å². The Morgan fingerprint density at radius 2 is 2.09 bits per heavy atom. The lowest BCUT2D eigenvalue weighted by Crippen LogP contribution is -2.45. The summed E-state index contributed by atoms with van der Waals surface area (Å²) >= 11 is 0. The molecular weight excluding hydrogens is 310 g/mol. The molecule has 4 atom stereocenters. The molecule has 0 aliphatic carbocycles. The van der Waals surface area contributed by atoms with Gasteiger partial charge in [-0.1, -0.05) is 0 Å². The molecule has 0 amide bonds. The molecule has 10 heteroatoms. The van der Waals surface area contributed by atoms with Gasteiger partial charge in [0, 0.05) is 6.20 Å². The van der Waals surface area contributed by atoms with Crippen LogP contribution in [-0.4, -0.2) is 56.4 Å². The SMILES string of the molecule is COC(=O)C(C)(C)[C@H]1O[C@@H](n2ccc(NO)nc2=O)[C@H](O)[C@@H]1O. The van der Waals surface area contributed by atoms with Gasteiger partial charge in [-0.15, -0.1) is 0 Å². The van der Waals surface area contributed by atoms with Gasteiger partial charge >= 0.3 is 11.7 Å². The van der Waals surface area contributed by atoms with Crippen molar-refractivity contribution in [1.82, 2.24) is 9.55 Å². The zero-order valence-corrected chi connectivity index (χ0v) is 12.8. The van der Waals surface area contributed by atoms with E-state index < -0.39 is 41.6 Å². The third kappa shape index (κ3) is 2.93. The lowest BCUT2D eigenvalue weighted by molar-refractivity contribution is -0.165. The van der Waals surface area contributed by atoms with Crippen molar-refractivity contribution in [2.45, 2.75) is 38.4 Å². The van der Waals surface area contributed by atoms with Gasteiger partial charge in [0.15, 0.2) is 12.0 Å². The highest BCUT2D eigenvalue weighted by Gasteiger charge is 2.53. The molecule has 128 valence electrons. The van der Waals surface area contributed by atoms with Crippen molar-refractivity contribution in [3.8, 4) is 0 Å². The van der Waals surface area contributed by atoms with Crippen LogP contribution in [-0.2, 0) is 14.3 Å². The fourth-order valence-electron chi connectivity index (χ4n) is 2.53. The number of methoxy groups -OCH3 is 1. The molecule has 1 fully saturated rings. The van der Waals surface area contributed by atoms with Gasteiger partial charge in [-0.25, -0.2) is 4.79 Å². The van der Waals surface area contributed by atoms with Crippen LogP contribution in [0.4, 0.5) is 5.82 Å². The smallest absolute Gasteiger partial charge is 0.351 e. The molecule has 2 rings (SSSR count). The Kier molecular flexibility index (Phi) is 4.71. The first-order chi connectivity index (χ1) is 10.7. The predicted molar refractivity (Wildman–Crippen MR) is 75.6 cm³/mol. The number of aliphatic hydroxyl groups is 2. The number of esters is 1.